The number of aromatic nitrogens is 3. The highest BCUT2D eigenvalue weighted by Crippen LogP contribution is 2.33. The van der Waals surface area contributed by atoms with Crippen molar-refractivity contribution in [2.24, 2.45) is 0 Å². The average molecular weight is 320 g/mol. The lowest BCUT2D eigenvalue weighted by molar-refractivity contribution is 0.560. The largest absolute Gasteiger partial charge is 0.303 e. The number of imidazole rings is 1. The number of aryl methyl sites for hydroxylation is 1. The minimum Gasteiger partial charge on any atom is -0.303 e. The first-order chi connectivity index (χ1) is 10.1. The second-order valence-electron chi connectivity index (χ2n) is 5.19. The predicted molar refractivity (Wildman–Crippen MR) is 89.3 cm³/mol. The Morgan fingerprint density at radius 1 is 1.29 bits per heavy atom. The molecule has 3 heterocycles. The molecule has 0 N–H and O–H groups in total. The molecular formula is C16H18ClN3S. The highest BCUT2D eigenvalue weighted by atomic mass is 35.5. The summed E-state index contributed by atoms with van der Waals surface area (Å²) < 4.78 is 2.21. The molecule has 0 aliphatic rings. The quantitative estimate of drug-likeness (QED) is 0.626. The topological polar surface area (TPSA) is 30.7 Å². The summed E-state index contributed by atoms with van der Waals surface area (Å²) in [6, 6.07) is 8.51. The molecule has 0 saturated heterocycles. The van der Waals surface area contributed by atoms with E-state index in [0.29, 0.717) is 0 Å². The molecule has 5 heteroatoms. The number of hydrogen-bond acceptors (Lipinski definition) is 3. The maximum Gasteiger partial charge on any atom is 0.160 e. The number of nitrogens with zero attached hydrogens (tertiary/aromatic N) is 3. The van der Waals surface area contributed by atoms with Crippen LogP contribution >= 0.6 is 22.9 Å². The van der Waals surface area contributed by atoms with E-state index in [4.69, 9.17) is 21.6 Å². The van der Waals surface area contributed by atoms with Crippen LogP contribution in [0.5, 0.6) is 0 Å². The normalized spacial score (nSPS) is 14.5. The molecule has 0 amide bonds. The smallest absolute Gasteiger partial charge is 0.160 e. The van der Waals surface area contributed by atoms with Gasteiger partial charge in [-0.2, -0.15) is 0 Å². The van der Waals surface area contributed by atoms with Crippen molar-refractivity contribution in [3.05, 3.63) is 46.0 Å². The first-order valence-corrected chi connectivity index (χ1v) is 8.46. The summed E-state index contributed by atoms with van der Waals surface area (Å²) in [6.45, 7) is 6.16. The van der Waals surface area contributed by atoms with E-state index in [0.717, 1.165) is 29.1 Å². The van der Waals surface area contributed by atoms with Crippen molar-refractivity contribution in [3.8, 4) is 0 Å². The van der Waals surface area contributed by atoms with E-state index in [9.17, 15) is 0 Å². The van der Waals surface area contributed by atoms with Crippen molar-refractivity contribution in [1.82, 2.24) is 14.5 Å². The highest BCUT2D eigenvalue weighted by molar-refractivity contribution is 7.10. The van der Waals surface area contributed by atoms with Crippen LogP contribution < -0.4 is 0 Å². The highest BCUT2D eigenvalue weighted by Gasteiger charge is 2.23. The lowest BCUT2D eigenvalue weighted by Gasteiger charge is -2.19. The summed E-state index contributed by atoms with van der Waals surface area (Å²) in [7, 11) is 0. The molecule has 0 bridgehead atoms. The van der Waals surface area contributed by atoms with Gasteiger partial charge in [0.05, 0.1) is 11.4 Å². The van der Waals surface area contributed by atoms with Crippen molar-refractivity contribution in [1.29, 1.82) is 0 Å². The van der Waals surface area contributed by atoms with E-state index < -0.39 is 0 Å². The molecule has 0 spiro atoms. The third-order valence-electron chi connectivity index (χ3n) is 3.63. The first kappa shape index (κ1) is 14.5. The number of halogens is 1. The molecule has 110 valence electrons. The molecule has 0 aromatic carbocycles. The van der Waals surface area contributed by atoms with Gasteiger partial charge in [0.2, 0.25) is 0 Å². The van der Waals surface area contributed by atoms with Gasteiger partial charge in [0, 0.05) is 10.6 Å². The van der Waals surface area contributed by atoms with Crippen molar-refractivity contribution >= 4 is 34.1 Å². The van der Waals surface area contributed by atoms with Crippen LogP contribution in [-0.4, -0.2) is 14.5 Å². The van der Waals surface area contributed by atoms with E-state index in [-0.39, 0.29) is 11.4 Å². The second kappa shape index (κ2) is 5.78. The van der Waals surface area contributed by atoms with Crippen molar-refractivity contribution in [2.45, 2.75) is 38.6 Å². The fourth-order valence-electron chi connectivity index (χ4n) is 2.67. The number of thiophene rings is 1. The van der Waals surface area contributed by atoms with Crippen LogP contribution in [0.2, 0.25) is 0 Å². The van der Waals surface area contributed by atoms with Gasteiger partial charge >= 0.3 is 0 Å². The molecular weight excluding hydrogens is 302 g/mol. The lowest BCUT2D eigenvalue weighted by atomic mass is 10.1. The minimum atomic E-state index is -0.145. The van der Waals surface area contributed by atoms with Gasteiger partial charge in [-0.1, -0.05) is 13.0 Å². The van der Waals surface area contributed by atoms with Crippen LogP contribution in [0.4, 0.5) is 0 Å². The van der Waals surface area contributed by atoms with E-state index >= 15 is 0 Å². The number of pyridine rings is 1. The number of alkyl halides is 1. The fourth-order valence-corrected chi connectivity index (χ4v) is 3.72. The SMILES string of the molecule is CCC(c1cccs1)n1c(C(C)Cl)nc2ccc(C)nc21. The van der Waals surface area contributed by atoms with E-state index in [2.05, 4.69) is 29.0 Å². The molecule has 3 aromatic rings. The van der Waals surface area contributed by atoms with Crippen LogP contribution in [-0.2, 0) is 0 Å². The van der Waals surface area contributed by atoms with Gasteiger partial charge in [-0.25, -0.2) is 9.97 Å². The zero-order chi connectivity index (χ0) is 15.0. The maximum absolute atomic E-state index is 6.37. The molecule has 21 heavy (non-hydrogen) atoms. The van der Waals surface area contributed by atoms with Gasteiger partial charge < -0.3 is 4.57 Å². The van der Waals surface area contributed by atoms with Gasteiger partial charge in [0.15, 0.2) is 5.65 Å². The summed E-state index contributed by atoms with van der Waals surface area (Å²) in [6.07, 6.45) is 0.984. The summed E-state index contributed by atoms with van der Waals surface area (Å²) >= 11 is 8.14. The van der Waals surface area contributed by atoms with E-state index in [1.165, 1.54) is 4.88 Å². The average Bonchev–Trinajstić information content (AvgIpc) is 3.08. The summed E-state index contributed by atoms with van der Waals surface area (Å²) in [5.74, 6) is 0.894. The van der Waals surface area contributed by atoms with Crippen LogP contribution in [0, 0.1) is 6.92 Å². The monoisotopic (exact) mass is 319 g/mol. The molecule has 3 rings (SSSR count). The number of rotatable bonds is 4. The zero-order valence-corrected chi connectivity index (χ0v) is 13.9. The van der Waals surface area contributed by atoms with Gasteiger partial charge in [0.25, 0.3) is 0 Å². The zero-order valence-electron chi connectivity index (χ0n) is 12.4. The number of hydrogen-bond donors (Lipinski definition) is 0. The van der Waals surface area contributed by atoms with Crippen LogP contribution in [0.25, 0.3) is 11.2 Å². The lowest BCUT2D eigenvalue weighted by Crippen LogP contribution is -2.13. The summed E-state index contributed by atoms with van der Waals surface area (Å²) in [5.41, 5.74) is 2.84. The Hall–Kier alpha value is -1.39. The third kappa shape index (κ3) is 2.58. The third-order valence-corrected chi connectivity index (χ3v) is 4.80. The van der Waals surface area contributed by atoms with Crippen molar-refractivity contribution in [2.75, 3.05) is 0 Å². The summed E-state index contributed by atoms with van der Waals surface area (Å²) in [5, 5.41) is 1.97. The minimum absolute atomic E-state index is 0.145. The van der Waals surface area contributed by atoms with Gasteiger partial charge in [0.1, 0.15) is 11.3 Å². The first-order valence-electron chi connectivity index (χ1n) is 7.14. The molecule has 3 nitrogen and oxygen atoms in total. The van der Waals surface area contributed by atoms with E-state index in [1.54, 1.807) is 11.3 Å². The summed E-state index contributed by atoms with van der Waals surface area (Å²) in [4.78, 5) is 10.7. The van der Waals surface area contributed by atoms with Gasteiger partial charge in [-0.05, 0) is 43.8 Å². The molecule has 0 saturated carbocycles. The molecule has 3 aromatic heterocycles. The van der Waals surface area contributed by atoms with Crippen molar-refractivity contribution in [3.63, 3.8) is 0 Å². The Kier molecular flexibility index (Phi) is 4.00. The Labute approximate surface area is 133 Å². The van der Waals surface area contributed by atoms with Crippen LogP contribution in [0.1, 0.15) is 48.1 Å². The number of fused-ring (bicyclic) bond motifs is 1. The Morgan fingerprint density at radius 3 is 2.71 bits per heavy atom. The standard InChI is InChI=1S/C16H18ClN3S/c1-4-13(14-6-5-9-21-14)20-15(11(3)17)19-12-8-7-10(2)18-16(12)20/h5-9,11,13H,4H2,1-3H3. The Morgan fingerprint density at radius 2 is 2.10 bits per heavy atom. The molecule has 0 radical (unpaired) electrons. The Balaban J connectivity index is 2.27. The van der Waals surface area contributed by atoms with Gasteiger partial charge in [-0.3, -0.25) is 0 Å². The van der Waals surface area contributed by atoms with Crippen molar-refractivity contribution < 1.29 is 0 Å². The van der Waals surface area contributed by atoms with Crippen LogP contribution in [0.3, 0.4) is 0 Å². The Bertz CT molecular complexity index is 746. The molecule has 2 unspecified atom stereocenters. The fraction of sp³-hybridized carbons (Fsp3) is 0.375. The molecule has 0 aliphatic heterocycles. The van der Waals surface area contributed by atoms with Gasteiger partial charge in [-0.15, -0.1) is 22.9 Å². The molecule has 0 aliphatic carbocycles. The molecule has 0 fully saturated rings. The van der Waals surface area contributed by atoms with Crippen LogP contribution in [0.15, 0.2) is 29.6 Å². The van der Waals surface area contributed by atoms with E-state index in [1.807, 2.05) is 26.0 Å². The maximum atomic E-state index is 6.37. The second-order valence-corrected chi connectivity index (χ2v) is 6.82. The predicted octanol–water partition coefficient (Wildman–Crippen LogP) is 5.10. The molecule has 2 atom stereocenters.